The molecule has 0 spiro atoms. The van der Waals surface area contributed by atoms with Gasteiger partial charge in [-0.2, -0.15) is 0 Å². The van der Waals surface area contributed by atoms with E-state index in [1.165, 1.54) is 0 Å². The highest BCUT2D eigenvalue weighted by Gasteiger charge is 2.26. The molecule has 1 saturated carbocycles. The van der Waals surface area contributed by atoms with Crippen molar-refractivity contribution in [3.05, 3.63) is 29.6 Å². The molecule has 0 radical (unpaired) electrons. The molecule has 1 aromatic carbocycles. The molecular weight excluding hydrogens is 301 g/mol. The monoisotopic (exact) mass is 317 g/mol. The molecule has 0 bridgehead atoms. The molecule has 6 nitrogen and oxygen atoms in total. The van der Waals surface area contributed by atoms with Gasteiger partial charge in [-0.15, -0.1) is 0 Å². The summed E-state index contributed by atoms with van der Waals surface area (Å²) in [6.07, 6.45) is 1.71. The number of aromatic carboxylic acids is 1. The Bertz CT molecular complexity index is 646. The van der Waals surface area contributed by atoms with Crippen LogP contribution >= 0.6 is 0 Å². The van der Waals surface area contributed by atoms with Gasteiger partial charge in [-0.1, -0.05) is 0 Å². The van der Waals surface area contributed by atoms with Gasteiger partial charge in [0.25, 0.3) is 0 Å². The van der Waals surface area contributed by atoms with Crippen molar-refractivity contribution in [1.82, 2.24) is 4.72 Å². The zero-order valence-corrected chi connectivity index (χ0v) is 11.9. The number of carbonyl (C=O) groups is 1. The molecule has 0 aliphatic heterocycles. The van der Waals surface area contributed by atoms with Crippen LogP contribution in [0.4, 0.5) is 4.39 Å². The predicted octanol–water partition coefficient (Wildman–Crippen LogP) is 1.11. The van der Waals surface area contributed by atoms with Gasteiger partial charge in [0, 0.05) is 6.04 Å². The third kappa shape index (κ3) is 3.78. The number of rotatable bonds is 4. The molecular formula is C13H16FNO5S. The molecule has 2 unspecified atom stereocenters. The number of hydrogen-bond donors (Lipinski definition) is 3. The number of halogens is 1. The van der Waals surface area contributed by atoms with Crippen LogP contribution in [-0.2, 0) is 10.0 Å². The van der Waals surface area contributed by atoms with Gasteiger partial charge in [0.1, 0.15) is 5.82 Å². The third-order valence-electron chi connectivity index (χ3n) is 3.45. The first kappa shape index (κ1) is 15.9. The van der Waals surface area contributed by atoms with Crippen LogP contribution in [0.3, 0.4) is 0 Å². The van der Waals surface area contributed by atoms with E-state index in [2.05, 4.69) is 4.72 Å². The standard InChI is InChI=1S/C13H16FNO5S/c14-12-5-4-10(7-11(12)13(17)18)21(19,20)15-8-2-1-3-9(16)6-8/h4-5,7-9,15-16H,1-3,6H2,(H,17,18). The number of benzene rings is 1. The number of carboxylic acid groups (broad SMARTS) is 1. The number of nitrogens with one attached hydrogen (secondary N) is 1. The average molecular weight is 317 g/mol. The molecule has 0 amide bonds. The van der Waals surface area contributed by atoms with Crippen LogP contribution in [0.2, 0.25) is 0 Å². The summed E-state index contributed by atoms with van der Waals surface area (Å²) in [4.78, 5) is 10.5. The van der Waals surface area contributed by atoms with Crippen molar-refractivity contribution < 1.29 is 27.8 Å². The summed E-state index contributed by atoms with van der Waals surface area (Å²) in [6.45, 7) is 0. The lowest BCUT2D eigenvalue weighted by Gasteiger charge is -2.26. The van der Waals surface area contributed by atoms with Crippen molar-refractivity contribution in [1.29, 1.82) is 0 Å². The van der Waals surface area contributed by atoms with Gasteiger partial charge in [0.05, 0.1) is 16.6 Å². The van der Waals surface area contributed by atoms with E-state index in [0.29, 0.717) is 25.7 Å². The van der Waals surface area contributed by atoms with Gasteiger partial charge in [-0.3, -0.25) is 0 Å². The second-order valence-corrected chi connectivity index (χ2v) is 6.80. The second-order valence-electron chi connectivity index (χ2n) is 5.09. The van der Waals surface area contributed by atoms with E-state index in [4.69, 9.17) is 5.11 Å². The molecule has 8 heteroatoms. The Morgan fingerprint density at radius 2 is 2.05 bits per heavy atom. The topological polar surface area (TPSA) is 104 Å². The molecule has 2 atom stereocenters. The first-order valence-corrected chi connectivity index (χ1v) is 8.01. The summed E-state index contributed by atoms with van der Waals surface area (Å²) in [7, 11) is -3.95. The molecule has 0 saturated heterocycles. The van der Waals surface area contributed by atoms with Gasteiger partial charge in [0.2, 0.25) is 10.0 Å². The lowest BCUT2D eigenvalue weighted by molar-refractivity contribution is 0.0691. The van der Waals surface area contributed by atoms with Crippen LogP contribution < -0.4 is 4.72 Å². The fourth-order valence-corrected chi connectivity index (χ4v) is 3.70. The molecule has 1 aromatic rings. The number of aliphatic hydroxyl groups excluding tert-OH is 1. The molecule has 1 fully saturated rings. The van der Waals surface area contributed by atoms with Crippen molar-refractivity contribution >= 4 is 16.0 Å². The van der Waals surface area contributed by atoms with Gasteiger partial charge >= 0.3 is 5.97 Å². The van der Waals surface area contributed by atoms with Crippen molar-refractivity contribution in [3.63, 3.8) is 0 Å². The fourth-order valence-electron chi connectivity index (χ4n) is 2.39. The van der Waals surface area contributed by atoms with Crippen LogP contribution in [-0.4, -0.2) is 36.7 Å². The molecule has 0 heterocycles. The summed E-state index contributed by atoms with van der Waals surface area (Å²) in [5, 5.41) is 18.4. The Kier molecular flexibility index (Phi) is 4.60. The van der Waals surface area contributed by atoms with E-state index in [9.17, 15) is 22.7 Å². The van der Waals surface area contributed by atoms with Crippen molar-refractivity contribution in [2.24, 2.45) is 0 Å². The minimum absolute atomic E-state index is 0.304. The van der Waals surface area contributed by atoms with E-state index in [0.717, 1.165) is 18.2 Å². The molecule has 21 heavy (non-hydrogen) atoms. The second kappa shape index (κ2) is 6.08. The Hall–Kier alpha value is -1.51. The van der Waals surface area contributed by atoms with Crippen molar-refractivity contribution in [3.8, 4) is 0 Å². The zero-order valence-electron chi connectivity index (χ0n) is 11.1. The Morgan fingerprint density at radius 3 is 2.67 bits per heavy atom. The van der Waals surface area contributed by atoms with Gasteiger partial charge < -0.3 is 10.2 Å². The van der Waals surface area contributed by atoms with Crippen LogP contribution in [0.5, 0.6) is 0 Å². The third-order valence-corrected chi connectivity index (χ3v) is 4.97. The summed E-state index contributed by atoms with van der Waals surface area (Å²) in [6, 6.07) is 2.22. The zero-order chi connectivity index (χ0) is 15.6. The Labute approximate surface area is 121 Å². The molecule has 1 aliphatic rings. The van der Waals surface area contributed by atoms with Crippen LogP contribution in [0.1, 0.15) is 36.0 Å². The maximum Gasteiger partial charge on any atom is 0.338 e. The molecule has 0 aromatic heterocycles. The van der Waals surface area contributed by atoms with Crippen LogP contribution in [0, 0.1) is 5.82 Å². The number of sulfonamides is 1. The number of aliphatic hydroxyl groups is 1. The molecule has 1 aliphatic carbocycles. The first-order valence-electron chi connectivity index (χ1n) is 6.53. The van der Waals surface area contributed by atoms with Gasteiger partial charge in [-0.05, 0) is 43.9 Å². The minimum Gasteiger partial charge on any atom is -0.478 e. The van der Waals surface area contributed by atoms with Crippen molar-refractivity contribution in [2.75, 3.05) is 0 Å². The summed E-state index contributed by atoms with van der Waals surface area (Å²) in [5.41, 5.74) is -0.693. The van der Waals surface area contributed by atoms with Gasteiger partial charge in [0.15, 0.2) is 0 Å². The Balaban J connectivity index is 2.23. The van der Waals surface area contributed by atoms with Crippen molar-refractivity contribution in [2.45, 2.75) is 42.7 Å². The first-order chi connectivity index (χ1) is 9.79. The largest absolute Gasteiger partial charge is 0.478 e. The normalized spacial score (nSPS) is 23.0. The van der Waals surface area contributed by atoms with Crippen LogP contribution in [0.25, 0.3) is 0 Å². The SMILES string of the molecule is O=C(O)c1cc(S(=O)(=O)NC2CCCC(O)C2)ccc1F. The Morgan fingerprint density at radius 1 is 1.33 bits per heavy atom. The highest BCUT2D eigenvalue weighted by Crippen LogP contribution is 2.21. The van der Waals surface area contributed by atoms with E-state index in [1.807, 2.05) is 0 Å². The van der Waals surface area contributed by atoms with E-state index in [1.54, 1.807) is 0 Å². The summed E-state index contributed by atoms with van der Waals surface area (Å²) >= 11 is 0. The molecule has 116 valence electrons. The lowest BCUT2D eigenvalue weighted by Crippen LogP contribution is -2.39. The van der Waals surface area contributed by atoms with E-state index < -0.39 is 39.5 Å². The smallest absolute Gasteiger partial charge is 0.338 e. The molecule has 3 N–H and O–H groups in total. The highest BCUT2D eigenvalue weighted by atomic mass is 32.2. The maximum atomic E-state index is 13.3. The number of carboxylic acids is 1. The number of hydrogen-bond acceptors (Lipinski definition) is 4. The summed E-state index contributed by atoms with van der Waals surface area (Å²) < 4.78 is 40.1. The summed E-state index contributed by atoms with van der Waals surface area (Å²) in [5.74, 6) is -2.52. The predicted molar refractivity (Wildman–Crippen MR) is 71.9 cm³/mol. The van der Waals surface area contributed by atoms with Crippen LogP contribution in [0.15, 0.2) is 23.1 Å². The molecule has 2 rings (SSSR count). The maximum absolute atomic E-state index is 13.3. The quantitative estimate of drug-likeness (QED) is 0.771. The van der Waals surface area contributed by atoms with E-state index >= 15 is 0 Å². The van der Waals surface area contributed by atoms with Gasteiger partial charge in [-0.25, -0.2) is 22.3 Å². The van der Waals surface area contributed by atoms with E-state index in [-0.39, 0.29) is 4.90 Å². The fraction of sp³-hybridized carbons (Fsp3) is 0.462. The minimum atomic E-state index is -3.95. The average Bonchev–Trinajstić information content (AvgIpc) is 2.38. The lowest BCUT2D eigenvalue weighted by atomic mass is 9.94. The highest BCUT2D eigenvalue weighted by molar-refractivity contribution is 7.89.